The largest absolute Gasteiger partial charge is 0.314 e. The van der Waals surface area contributed by atoms with Crippen LogP contribution in [-0.4, -0.2) is 30.8 Å². The van der Waals surface area contributed by atoms with Gasteiger partial charge in [-0.2, -0.15) is 0 Å². The minimum Gasteiger partial charge on any atom is -0.314 e. The number of alkyl halides is 2. The van der Waals surface area contributed by atoms with Crippen molar-refractivity contribution in [3.8, 4) is 0 Å². The van der Waals surface area contributed by atoms with E-state index in [2.05, 4.69) is 13.8 Å². The van der Waals surface area contributed by atoms with Gasteiger partial charge in [-0.15, -0.1) is 0 Å². The molecule has 0 aliphatic heterocycles. The molecule has 0 saturated heterocycles. The van der Waals surface area contributed by atoms with Crippen molar-refractivity contribution in [2.45, 2.75) is 102 Å². The third kappa shape index (κ3) is 12.7. The molecule has 0 spiro atoms. The first kappa shape index (κ1) is 22.2. The second kappa shape index (κ2) is 14.8. The smallest absolute Gasteiger partial charge is 0.246 e. The standard InChI is InChI=1S/C17H37F3Si2/c1-3-5-7-13-22(20,14-8-6-4-2)15-12-21-16-17(19)10-9-11-18/h17H,3-16,21H2,1-2H3. The highest BCUT2D eigenvalue weighted by Crippen LogP contribution is 2.30. The van der Waals surface area contributed by atoms with Crippen molar-refractivity contribution in [3.05, 3.63) is 0 Å². The highest BCUT2D eigenvalue weighted by Gasteiger charge is 2.32. The maximum absolute atomic E-state index is 15.2. The monoisotopic (exact) mass is 354 g/mol. The van der Waals surface area contributed by atoms with Crippen LogP contribution in [0.15, 0.2) is 0 Å². The summed E-state index contributed by atoms with van der Waals surface area (Å²) < 4.78 is 40.7. The maximum atomic E-state index is 15.2. The number of halogens is 3. The summed E-state index contributed by atoms with van der Waals surface area (Å²) in [6, 6.07) is 3.98. The van der Waals surface area contributed by atoms with Crippen LogP contribution in [0.25, 0.3) is 0 Å². The Morgan fingerprint density at radius 2 is 1.50 bits per heavy atom. The Morgan fingerprint density at radius 1 is 0.909 bits per heavy atom. The van der Waals surface area contributed by atoms with Crippen LogP contribution in [-0.2, 0) is 0 Å². The molecular formula is C17H37F3Si2. The first-order valence-corrected chi connectivity index (χ1v) is 14.0. The Labute approximate surface area is 139 Å². The van der Waals surface area contributed by atoms with Crippen molar-refractivity contribution in [3.63, 3.8) is 0 Å². The van der Waals surface area contributed by atoms with Crippen molar-refractivity contribution >= 4 is 17.9 Å². The molecule has 0 aliphatic carbocycles. The Bertz CT molecular complexity index is 230. The van der Waals surface area contributed by atoms with Gasteiger partial charge in [-0.1, -0.05) is 58.4 Å². The molecule has 22 heavy (non-hydrogen) atoms. The van der Waals surface area contributed by atoms with Gasteiger partial charge >= 0.3 is 0 Å². The Balaban J connectivity index is 3.99. The van der Waals surface area contributed by atoms with E-state index in [4.69, 9.17) is 0 Å². The number of unbranched alkanes of at least 4 members (excludes halogenated alkanes) is 4. The van der Waals surface area contributed by atoms with E-state index in [0.29, 0.717) is 18.9 Å². The van der Waals surface area contributed by atoms with E-state index >= 15 is 4.11 Å². The maximum Gasteiger partial charge on any atom is 0.246 e. The van der Waals surface area contributed by atoms with E-state index in [9.17, 15) is 8.78 Å². The van der Waals surface area contributed by atoms with Gasteiger partial charge in [-0.3, -0.25) is 4.39 Å². The summed E-state index contributed by atoms with van der Waals surface area (Å²) in [5.74, 6) is 0. The summed E-state index contributed by atoms with van der Waals surface area (Å²) >= 11 is 0. The fourth-order valence-electron chi connectivity index (χ4n) is 3.01. The molecule has 0 aromatic heterocycles. The van der Waals surface area contributed by atoms with Crippen LogP contribution in [0.3, 0.4) is 0 Å². The van der Waals surface area contributed by atoms with E-state index in [1.807, 2.05) is 0 Å². The molecule has 0 amide bonds. The van der Waals surface area contributed by atoms with Gasteiger partial charge in [0.25, 0.3) is 0 Å². The van der Waals surface area contributed by atoms with Gasteiger partial charge in [0.2, 0.25) is 8.41 Å². The first-order chi connectivity index (χ1) is 10.6. The molecule has 0 saturated carbocycles. The molecule has 0 bridgehead atoms. The zero-order valence-electron chi connectivity index (χ0n) is 14.8. The van der Waals surface area contributed by atoms with Crippen molar-refractivity contribution in [2.75, 3.05) is 6.67 Å². The SMILES string of the molecule is CCCCC[Si](F)(CCCCC)CC[SiH2]CC(F)CCCF. The summed E-state index contributed by atoms with van der Waals surface area (Å²) in [7, 11) is -3.07. The molecule has 0 aromatic carbocycles. The average molecular weight is 355 g/mol. The highest BCUT2D eigenvalue weighted by molar-refractivity contribution is 6.73. The van der Waals surface area contributed by atoms with Crippen molar-refractivity contribution in [1.29, 1.82) is 0 Å². The van der Waals surface area contributed by atoms with Crippen LogP contribution in [0.4, 0.5) is 12.9 Å². The third-order valence-electron chi connectivity index (χ3n) is 4.50. The quantitative estimate of drug-likeness (QED) is 0.171. The molecule has 0 N–H and O–H groups in total. The van der Waals surface area contributed by atoms with Crippen LogP contribution < -0.4 is 0 Å². The summed E-state index contributed by atoms with van der Waals surface area (Å²) in [5.41, 5.74) is 0. The van der Waals surface area contributed by atoms with Crippen LogP contribution >= 0.6 is 0 Å². The lowest BCUT2D eigenvalue weighted by Crippen LogP contribution is -2.28. The molecule has 1 atom stereocenters. The zero-order valence-corrected chi connectivity index (χ0v) is 17.2. The second-order valence-electron chi connectivity index (χ2n) is 6.74. The molecule has 0 radical (unpaired) electrons. The minimum atomic E-state index is -2.57. The molecule has 0 nitrogen and oxygen atoms in total. The summed E-state index contributed by atoms with van der Waals surface area (Å²) in [6.45, 7) is 3.89. The Morgan fingerprint density at radius 3 is 2.00 bits per heavy atom. The van der Waals surface area contributed by atoms with E-state index in [1.165, 1.54) is 0 Å². The molecular weight excluding hydrogens is 317 g/mol. The summed E-state index contributed by atoms with van der Waals surface area (Å²) in [5, 5.41) is 0. The van der Waals surface area contributed by atoms with Gasteiger partial charge < -0.3 is 4.11 Å². The number of rotatable bonds is 16. The Hall–Kier alpha value is 0.224. The van der Waals surface area contributed by atoms with Crippen molar-refractivity contribution in [1.82, 2.24) is 0 Å². The van der Waals surface area contributed by atoms with Gasteiger partial charge in [-0.05, 0) is 37.0 Å². The predicted molar refractivity (Wildman–Crippen MR) is 98.6 cm³/mol. The van der Waals surface area contributed by atoms with Crippen molar-refractivity contribution in [2.24, 2.45) is 0 Å². The molecule has 0 aliphatic rings. The highest BCUT2D eigenvalue weighted by atomic mass is 28.4. The molecule has 0 aromatic rings. The Kier molecular flexibility index (Phi) is 14.9. The van der Waals surface area contributed by atoms with Gasteiger partial charge in [0, 0.05) is 9.52 Å². The van der Waals surface area contributed by atoms with Crippen molar-refractivity contribution < 1.29 is 12.9 Å². The molecule has 0 fully saturated rings. The van der Waals surface area contributed by atoms with Crippen LogP contribution in [0.2, 0.25) is 30.2 Å². The number of hydrogen-bond acceptors (Lipinski definition) is 0. The lowest BCUT2D eigenvalue weighted by atomic mass is 10.2. The summed E-state index contributed by atoms with van der Waals surface area (Å²) in [6.07, 6.45) is 6.50. The topological polar surface area (TPSA) is 0 Å². The van der Waals surface area contributed by atoms with E-state index in [0.717, 1.165) is 62.7 Å². The van der Waals surface area contributed by atoms with Gasteiger partial charge in [0.15, 0.2) is 0 Å². The normalized spacial score (nSPS) is 14.0. The van der Waals surface area contributed by atoms with Crippen LogP contribution in [0.1, 0.15) is 65.2 Å². The van der Waals surface area contributed by atoms with Gasteiger partial charge in [0.1, 0.15) is 0 Å². The lowest BCUT2D eigenvalue weighted by Gasteiger charge is -2.22. The van der Waals surface area contributed by atoms with Gasteiger partial charge in [-0.25, -0.2) is 4.39 Å². The molecule has 0 rings (SSSR count). The fourth-order valence-corrected chi connectivity index (χ4v) is 10.1. The molecule has 0 heterocycles. The van der Waals surface area contributed by atoms with Crippen LogP contribution in [0.5, 0.6) is 0 Å². The fraction of sp³-hybridized carbons (Fsp3) is 1.00. The van der Waals surface area contributed by atoms with Crippen LogP contribution in [0, 0.1) is 0 Å². The third-order valence-corrected chi connectivity index (χ3v) is 10.8. The lowest BCUT2D eigenvalue weighted by molar-refractivity contribution is 0.316. The predicted octanol–water partition coefficient (Wildman–Crippen LogP) is 6.38. The molecule has 5 heteroatoms. The van der Waals surface area contributed by atoms with Gasteiger partial charge in [0.05, 0.1) is 12.8 Å². The zero-order chi connectivity index (χ0) is 16.7. The minimum absolute atomic E-state index is 0.339. The first-order valence-electron chi connectivity index (χ1n) is 9.47. The molecule has 1 unspecified atom stereocenters. The van der Waals surface area contributed by atoms with E-state index < -0.39 is 30.8 Å². The molecule has 134 valence electrons. The second-order valence-corrected chi connectivity index (χ2v) is 12.5. The van der Waals surface area contributed by atoms with E-state index in [1.54, 1.807) is 0 Å². The summed E-state index contributed by atoms with van der Waals surface area (Å²) in [4.78, 5) is 0. The van der Waals surface area contributed by atoms with E-state index in [-0.39, 0.29) is 0 Å². The average Bonchev–Trinajstić information content (AvgIpc) is 2.50. The number of hydrogen-bond donors (Lipinski definition) is 0.